The minimum absolute atomic E-state index is 0.214. The number of piperazine rings is 1. The molecular formula is C21H21N5O3. The fourth-order valence-corrected chi connectivity index (χ4v) is 3.90. The smallest absolute Gasteiger partial charge is 0.262 e. The van der Waals surface area contributed by atoms with Crippen molar-refractivity contribution < 1.29 is 14.4 Å². The van der Waals surface area contributed by atoms with Crippen LogP contribution < -0.4 is 4.90 Å². The lowest BCUT2D eigenvalue weighted by molar-refractivity contribution is -0.131. The van der Waals surface area contributed by atoms with E-state index in [1.807, 2.05) is 12.1 Å². The van der Waals surface area contributed by atoms with E-state index in [1.54, 1.807) is 29.2 Å². The second kappa shape index (κ2) is 6.95. The molecule has 0 unspecified atom stereocenters. The van der Waals surface area contributed by atoms with Crippen molar-refractivity contribution in [1.82, 2.24) is 20.0 Å². The van der Waals surface area contributed by atoms with Crippen LogP contribution in [0.3, 0.4) is 0 Å². The van der Waals surface area contributed by atoms with Gasteiger partial charge in [0.2, 0.25) is 5.91 Å². The average Bonchev–Trinajstić information content (AvgIpc) is 3.59. The van der Waals surface area contributed by atoms with Crippen LogP contribution in [-0.2, 0) is 4.79 Å². The number of hydrogen-bond acceptors (Lipinski definition) is 6. The Labute approximate surface area is 168 Å². The van der Waals surface area contributed by atoms with Crippen LogP contribution in [0.4, 0.5) is 5.82 Å². The maximum atomic E-state index is 12.7. The quantitative estimate of drug-likeness (QED) is 0.730. The first-order chi connectivity index (χ1) is 14.1. The van der Waals surface area contributed by atoms with E-state index >= 15 is 0 Å². The summed E-state index contributed by atoms with van der Waals surface area (Å²) in [6.45, 7) is 2.11. The van der Waals surface area contributed by atoms with Crippen LogP contribution in [0, 0.1) is 0 Å². The summed E-state index contributed by atoms with van der Waals surface area (Å²) in [6, 6.07) is 10.7. The summed E-state index contributed by atoms with van der Waals surface area (Å²) in [4.78, 5) is 42.5. The standard InChI is InChI=1S/C21H21N5O3/c27-19(13-26-20(28)15-3-1-2-4-16(15)21(26)29)25-11-9-24(10-12-25)18-8-7-17(22-23-18)14-5-6-14/h1-4,7-8,14H,5-6,9-13H2. The van der Waals surface area contributed by atoms with Crippen molar-refractivity contribution in [3.63, 3.8) is 0 Å². The third-order valence-corrected chi connectivity index (χ3v) is 5.79. The van der Waals surface area contributed by atoms with Gasteiger partial charge in [0, 0.05) is 32.1 Å². The van der Waals surface area contributed by atoms with E-state index in [9.17, 15) is 14.4 Å². The van der Waals surface area contributed by atoms with Gasteiger partial charge in [0.05, 0.1) is 16.8 Å². The van der Waals surface area contributed by atoms with Gasteiger partial charge in [0.15, 0.2) is 5.82 Å². The minimum Gasteiger partial charge on any atom is -0.352 e. The van der Waals surface area contributed by atoms with Crippen LogP contribution in [0.25, 0.3) is 0 Å². The summed E-state index contributed by atoms with van der Waals surface area (Å²) < 4.78 is 0. The monoisotopic (exact) mass is 391 g/mol. The Balaban J connectivity index is 1.18. The molecule has 3 heterocycles. The predicted octanol–water partition coefficient (Wildman–Crippen LogP) is 1.30. The number of imide groups is 1. The van der Waals surface area contributed by atoms with Gasteiger partial charge in [0.25, 0.3) is 11.8 Å². The predicted molar refractivity (Wildman–Crippen MR) is 105 cm³/mol. The Hall–Kier alpha value is -3.29. The van der Waals surface area contributed by atoms with Gasteiger partial charge >= 0.3 is 0 Å². The molecule has 0 atom stereocenters. The normalized spacial score (nSPS) is 19.0. The van der Waals surface area contributed by atoms with Crippen molar-refractivity contribution >= 4 is 23.5 Å². The number of hydrogen-bond donors (Lipinski definition) is 0. The summed E-state index contributed by atoms with van der Waals surface area (Å²) in [5, 5.41) is 8.66. The highest BCUT2D eigenvalue weighted by Gasteiger charge is 2.37. The highest BCUT2D eigenvalue weighted by molar-refractivity contribution is 6.22. The highest BCUT2D eigenvalue weighted by atomic mass is 16.2. The zero-order valence-electron chi connectivity index (χ0n) is 16.0. The lowest BCUT2D eigenvalue weighted by Gasteiger charge is -2.35. The van der Waals surface area contributed by atoms with Crippen LogP contribution in [0.15, 0.2) is 36.4 Å². The summed E-state index contributed by atoms with van der Waals surface area (Å²) in [7, 11) is 0. The maximum absolute atomic E-state index is 12.7. The number of rotatable bonds is 4. The van der Waals surface area contributed by atoms with Crippen LogP contribution in [0.1, 0.15) is 45.2 Å². The molecule has 3 amide bonds. The maximum Gasteiger partial charge on any atom is 0.262 e. The molecule has 8 heteroatoms. The zero-order chi connectivity index (χ0) is 20.0. The molecule has 0 spiro atoms. The zero-order valence-corrected chi connectivity index (χ0v) is 16.0. The molecule has 0 N–H and O–H groups in total. The Kier molecular flexibility index (Phi) is 4.26. The summed E-state index contributed by atoms with van der Waals surface area (Å²) >= 11 is 0. The molecule has 2 aliphatic heterocycles. The number of anilines is 1. The number of benzene rings is 1. The SMILES string of the molecule is O=C(CN1C(=O)c2ccccc2C1=O)N1CCN(c2ccc(C3CC3)nn2)CC1. The van der Waals surface area contributed by atoms with Gasteiger partial charge < -0.3 is 9.80 Å². The van der Waals surface area contributed by atoms with Crippen LogP contribution in [0.2, 0.25) is 0 Å². The van der Waals surface area contributed by atoms with E-state index in [0.717, 1.165) is 16.4 Å². The lowest BCUT2D eigenvalue weighted by Crippen LogP contribution is -2.52. The number of nitrogens with zero attached hydrogens (tertiary/aromatic N) is 5. The van der Waals surface area contributed by atoms with Gasteiger partial charge in [-0.25, -0.2) is 0 Å². The molecule has 0 bridgehead atoms. The fraction of sp³-hybridized carbons (Fsp3) is 0.381. The summed E-state index contributed by atoms with van der Waals surface area (Å²) in [5.74, 6) is 0.386. The molecule has 2 aromatic rings. The first kappa shape index (κ1) is 17.8. The Morgan fingerprint density at radius 3 is 2.10 bits per heavy atom. The van der Waals surface area contributed by atoms with Gasteiger partial charge in [0.1, 0.15) is 6.54 Å². The molecule has 3 aliphatic rings. The molecule has 1 saturated carbocycles. The first-order valence-corrected chi connectivity index (χ1v) is 9.93. The Bertz CT molecular complexity index is 943. The third-order valence-electron chi connectivity index (χ3n) is 5.79. The van der Waals surface area contributed by atoms with Crippen LogP contribution >= 0.6 is 0 Å². The first-order valence-electron chi connectivity index (χ1n) is 9.93. The third kappa shape index (κ3) is 3.24. The fourth-order valence-electron chi connectivity index (χ4n) is 3.90. The molecule has 5 rings (SSSR count). The van der Waals surface area contributed by atoms with Crippen molar-refractivity contribution in [3.05, 3.63) is 53.2 Å². The van der Waals surface area contributed by atoms with E-state index in [4.69, 9.17) is 0 Å². The number of carbonyl (C=O) groups excluding carboxylic acids is 3. The van der Waals surface area contributed by atoms with Crippen molar-refractivity contribution in [2.45, 2.75) is 18.8 Å². The molecule has 29 heavy (non-hydrogen) atoms. The van der Waals surface area contributed by atoms with E-state index in [0.29, 0.717) is 43.2 Å². The molecule has 1 aliphatic carbocycles. The molecule has 0 radical (unpaired) electrons. The second-order valence-electron chi connectivity index (χ2n) is 7.70. The van der Waals surface area contributed by atoms with Gasteiger partial charge in [-0.15, -0.1) is 5.10 Å². The van der Waals surface area contributed by atoms with Crippen molar-refractivity contribution in [2.24, 2.45) is 0 Å². The molecule has 8 nitrogen and oxygen atoms in total. The highest BCUT2D eigenvalue weighted by Crippen LogP contribution is 2.38. The van der Waals surface area contributed by atoms with E-state index in [-0.39, 0.29) is 12.5 Å². The molecule has 1 saturated heterocycles. The largest absolute Gasteiger partial charge is 0.352 e. The van der Waals surface area contributed by atoms with E-state index in [2.05, 4.69) is 15.1 Å². The molecule has 2 fully saturated rings. The van der Waals surface area contributed by atoms with Crippen molar-refractivity contribution in [1.29, 1.82) is 0 Å². The van der Waals surface area contributed by atoms with Gasteiger partial charge in [-0.3, -0.25) is 19.3 Å². The number of aromatic nitrogens is 2. The van der Waals surface area contributed by atoms with Gasteiger partial charge in [-0.2, -0.15) is 5.10 Å². The molecular weight excluding hydrogens is 370 g/mol. The van der Waals surface area contributed by atoms with Crippen LogP contribution in [-0.4, -0.2) is 70.4 Å². The Morgan fingerprint density at radius 1 is 0.897 bits per heavy atom. The van der Waals surface area contributed by atoms with Gasteiger partial charge in [-0.05, 0) is 37.1 Å². The van der Waals surface area contributed by atoms with Crippen LogP contribution in [0.5, 0.6) is 0 Å². The van der Waals surface area contributed by atoms with E-state index in [1.165, 1.54) is 12.8 Å². The topological polar surface area (TPSA) is 86.7 Å². The minimum atomic E-state index is -0.399. The molecule has 1 aromatic carbocycles. The molecule has 1 aromatic heterocycles. The number of carbonyl (C=O) groups is 3. The molecule has 148 valence electrons. The summed E-state index contributed by atoms with van der Waals surface area (Å²) in [5.41, 5.74) is 1.79. The number of amides is 3. The van der Waals surface area contributed by atoms with Gasteiger partial charge in [-0.1, -0.05) is 12.1 Å². The second-order valence-corrected chi connectivity index (χ2v) is 7.70. The van der Waals surface area contributed by atoms with E-state index < -0.39 is 11.8 Å². The number of fused-ring (bicyclic) bond motifs is 1. The average molecular weight is 391 g/mol. The van der Waals surface area contributed by atoms with Crippen molar-refractivity contribution in [3.8, 4) is 0 Å². The summed E-state index contributed by atoms with van der Waals surface area (Å²) in [6.07, 6.45) is 2.39. The Morgan fingerprint density at radius 2 is 1.55 bits per heavy atom. The van der Waals surface area contributed by atoms with Crippen molar-refractivity contribution in [2.75, 3.05) is 37.6 Å². The lowest BCUT2D eigenvalue weighted by atomic mass is 10.1.